The van der Waals surface area contributed by atoms with Gasteiger partial charge in [0.1, 0.15) is 11.4 Å². The molecule has 1 aromatic heterocycles. The maximum absolute atomic E-state index is 12.1. The molecule has 3 rings (SSSR count). The van der Waals surface area contributed by atoms with E-state index in [4.69, 9.17) is 10.5 Å². The normalized spacial score (nSPS) is 25.4. The molecule has 0 bridgehead atoms. The van der Waals surface area contributed by atoms with Gasteiger partial charge >= 0.3 is 5.97 Å². The molecule has 0 radical (unpaired) electrons. The first-order chi connectivity index (χ1) is 10.0. The first-order valence-electron chi connectivity index (χ1n) is 7.45. The number of aryl methyl sites for hydroxylation is 1. The van der Waals surface area contributed by atoms with Crippen molar-refractivity contribution in [2.75, 3.05) is 6.61 Å². The molecule has 0 amide bonds. The second-order valence-corrected chi connectivity index (χ2v) is 5.79. The van der Waals surface area contributed by atoms with E-state index in [1.165, 1.54) is 0 Å². The lowest BCUT2D eigenvalue weighted by atomic mass is 9.99. The molecule has 1 fully saturated rings. The van der Waals surface area contributed by atoms with Gasteiger partial charge in [-0.1, -0.05) is 12.1 Å². The van der Waals surface area contributed by atoms with Crippen LogP contribution in [0.2, 0.25) is 0 Å². The molecule has 5 heteroatoms. The van der Waals surface area contributed by atoms with Crippen LogP contribution in [0.5, 0.6) is 0 Å². The van der Waals surface area contributed by atoms with E-state index in [2.05, 4.69) is 15.6 Å². The summed E-state index contributed by atoms with van der Waals surface area (Å²) in [6, 6.07) is 8.27. The highest BCUT2D eigenvalue weighted by atomic mass is 16.5. The Labute approximate surface area is 124 Å². The summed E-state index contributed by atoms with van der Waals surface area (Å²) in [4.78, 5) is 16.7. The van der Waals surface area contributed by atoms with Gasteiger partial charge in [0, 0.05) is 6.04 Å². The molecule has 1 saturated carbocycles. The molecule has 1 aromatic carbocycles. The third-order valence-electron chi connectivity index (χ3n) is 4.34. The fraction of sp³-hybridized carbons (Fsp3) is 0.500. The number of nitrogens with two attached hydrogens (primary N) is 1. The minimum atomic E-state index is -0.863. The predicted molar refractivity (Wildman–Crippen MR) is 80.9 cm³/mol. The van der Waals surface area contributed by atoms with E-state index in [1.54, 1.807) is 6.92 Å². The van der Waals surface area contributed by atoms with Crippen molar-refractivity contribution in [2.24, 2.45) is 5.73 Å². The summed E-state index contributed by atoms with van der Waals surface area (Å²) in [7, 11) is 0. The van der Waals surface area contributed by atoms with Crippen molar-refractivity contribution in [1.82, 2.24) is 9.55 Å². The average Bonchev–Trinajstić information content (AvgIpc) is 2.99. The van der Waals surface area contributed by atoms with E-state index in [0.29, 0.717) is 19.4 Å². The monoisotopic (exact) mass is 287 g/mol. The molecule has 112 valence electrons. The summed E-state index contributed by atoms with van der Waals surface area (Å²) in [6.45, 7) is 4.18. The molecular weight excluding hydrogens is 266 g/mol. The number of fused-ring (bicyclic) bond motifs is 1. The van der Waals surface area contributed by atoms with Gasteiger partial charge in [-0.25, -0.2) is 4.98 Å². The second kappa shape index (κ2) is 5.15. The highest BCUT2D eigenvalue weighted by molar-refractivity contribution is 5.81. The van der Waals surface area contributed by atoms with Crippen LogP contribution in [0.15, 0.2) is 24.3 Å². The number of hydrogen-bond acceptors (Lipinski definition) is 4. The number of benzene rings is 1. The van der Waals surface area contributed by atoms with E-state index >= 15 is 0 Å². The topological polar surface area (TPSA) is 70.1 Å². The molecule has 5 nitrogen and oxygen atoms in total. The molecule has 0 saturated heterocycles. The van der Waals surface area contributed by atoms with Gasteiger partial charge in [0.15, 0.2) is 0 Å². The lowest BCUT2D eigenvalue weighted by molar-refractivity contribution is -0.149. The molecule has 2 N–H and O–H groups in total. The summed E-state index contributed by atoms with van der Waals surface area (Å²) in [5, 5.41) is 0. The van der Waals surface area contributed by atoms with Crippen LogP contribution >= 0.6 is 0 Å². The van der Waals surface area contributed by atoms with E-state index in [1.807, 2.05) is 25.1 Å². The van der Waals surface area contributed by atoms with Gasteiger partial charge in [-0.3, -0.25) is 4.79 Å². The minimum Gasteiger partial charge on any atom is -0.465 e. The van der Waals surface area contributed by atoms with Crippen molar-refractivity contribution in [3.05, 3.63) is 30.1 Å². The molecule has 0 aliphatic heterocycles. The Bertz CT molecular complexity index is 679. The number of rotatable bonds is 3. The number of imidazole rings is 1. The number of carbonyl (C=O) groups is 1. The third kappa shape index (κ3) is 2.31. The summed E-state index contributed by atoms with van der Waals surface area (Å²) in [6.07, 6.45) is 2.13. The lowest BCUT2D eigenvalue weighted by Gasteiger charge is -2.22. The number of aromatic nitrogens is 2. The van der Waals surface area contributed by atoms with Gasteiger partial charge in [-0.2, -0.15) is 0 Å². The highest BCUT2D eigenvalue weighted by Gasteiger charge is 2.44. The zero-order valence-electron chi connectivity index (χ0n) is 12.5. The number of esters is 1. The maximum Gasteiger partial charge on any atom is 0.326 e. The van der Waals surface area contributed by atoms with Gasteiger partial charge in [-0.05, 0) is 45.2 Å². The Kier molecular flexibility index (Phi) is 3.45. The number of nitrogens with zero attached hydrogens (tertiary/aromatic N) is 2. The largest absolute Gasteiger partial charge is 0.465 e. The standard InChI is InChI=1S/C16H21N3O2/c1-3-21-15(20)16(17)9-8-12(10-16)19-11(2)18-13-6-4-5-7-14(13)19/h4-7,12H,3,8-10,17H2,1-2H3. The van der Waals surface area contributed by atoms with Crippen LogP contribution in [0.1, 0.15) is 38.1 Å². The number of carbonyl (C=O) groups excluding carboxylic acids is 1. The van der Waals surface area contributed by atoms with Crippen LogP contribution in [-0.4, -0.2) is 27.7 Å². The molecule has 2 atom stereocenters. The van der Waals surface area contributed by atoms with E-state index in [9.17, 15) is 4.79 Å². The Hall–Kier alpha value is -1.88. The van der Waals surface area contributed by atoms with Crippen LogP contribution in [0.3, 0.4) is 0 Å². The summed E-state index contributed by atoms with van der Waals surface area (Å²) >= 11 is 0. The van der Waals surface area contributed by atoms with Crippen molar-refractivity contribution in [3.63, 3.8) is 0 Å². The zero-order valence-corrected chi connectivity index (χ0v) is 12.5. The van der Waals surface area contributed by atoms with Crippen molar-refractivity contribution in [2.45, 2.75) is 44.7 Å². The van der Waals surface area contributed by atoms with E-state index in [-0.39, 0.29) is 12.0 Å². The van der Waals surface area contributed by atoms with E-state index in [0.717, 1.165) is 23.3 Å². The van der Waals surface area contributed by atoms with Crippen molar-refractivity contribution in [3.8, 4) is 0 Å². The molecule has 2 unspecified atom stereocenters. The van der Waals surface area contributed by atoms with Crippen LogP contribution in [0.4, 0.5) is 0 Å². The van der Waals surface area contributed by atoms with Gasteiger partial charge in [0.25, 0.3) is 0 Å². The number of hydrogen-bond donors (Lipinski definition) is 1. The number of ether oxygens (including phenoxy) is 1. The fourth-order valence-electron chi connectivity index (χ4n) is 3.36. The molecule has 1 aliphatic rings. The minimum absolute atomic E-state index is 0.201. The van der Waals surface area contributed by atoms with E-state index < -0.39 is 5.54 Å². The van der Waals surface area contributed by atoms with Crippen LogP contribution in [0.25, 0.3) is 11.0 Å². The molecule has 1 heterocycles. The summed E-state index contributed by atoms with van der Waals surface area (Å²) < 4.78 is 7.33. The SMILES string of the molecule is CCOC(=O)C1(N)CCC(n2c(C)nc3ccccc32)C1. The fourth-order valence-corrected chi connectivity index (χ4v) is 3.36. The Morgan fingerprint density at radius 1 is 1.52 bits per heavy atom. The van der Waals surface area contributed by atoms with Gasteiger partial charge in [0.05, 0.1) is 17.6 Å². The average molecular weight is 287 g/mol. The maximum atomic E-state index is 12.1. The smallest absolute Gasteiger partial charge is 0.326 e. The predicted octanol–water partition coefficient (Wildman–Crippen LogP) is 2.33. The zero-order chi connectivity index (χ0) is 15.0. The lowest BCUT2D eigenvalue weighted by Crippen LogP contribution is -2.46. The molecule has 1 aliphatic carbocycles. The highest BCUT2D eigenvalue weighted by Crippen LogP contribution is 2.39. The van der Waals surface area contributed by atoms with Gasteiger partial charge in [0.2, 0.25) is 0 Å². The quantitative estimate of drug-likeness (QED) is 0.880. The van der Waals surface area contributed by atoms with Crippen LogP contribution in [0, 0.1) is 6.92 Å². The third-order valence-corrected chi connectivity index (χ3v) is 4.34. The van der Waals surface area contributed by atoms with Crippen LogP contribution in [-0.2, 0) is 9.53 Å². The summed E-state index contributed by atoms with van der Waals surface area (Å²) in [5.41, 5.74) is 7.50. The molecule has 2 aromatic rings. The van der Waals surface area contributed by atoms with Crippen LogP contribution < -0.4 is 5.73 Å². The Morgan fingerprint density at radius 2 is 2.29 bits per heavy atom. The van der Waals surface area contributed by atoms with Gasteiger partial charge < -0.3 is 15.0 Å². The molecular formula is C16H21N3O2. The summed E-state index contributed by atoms with van der Waals surface area (Å²) in [5.74, 6) is 0.684. The van der Waals surface area contributed by atoms with Gasteiger partial charge in [-0.15, -0.1) is 0 Å². The molecule has 21 heavy (non-hydrogen) atoms. The Morgan fingerprint density at radius 3 is 3.05 bits per heavy atom. The second-order valence-electron chi connectivity index (χ2n) is 5.79. The first-order valence-corrected chi connectivity index (χ1v) is 7.45. The van der Waals surface area contributed by atoms with Crippen molar-refractivity contribution in [1.29, 1.82) is 0 Å². The van der Waals surface area contributed by atoms with Crippen molar-refractivity contribution >= 4 is 17.0 Å². The number of para-hydroxylation sites is 2. The molecule has 0 spiro atoms. The first kappa shape index (κ1) is 14.1. The Balaban J connectivity index is 1.92. The van der Waals surface area contributed by atoms with Crippen molar-refractivity contribution < 1.29 is 9.53 Å².